The lowest BCUT2D eigenvalue weighted by molar-refractivity contribution is 0.0997. The summed E-state index contributed by atoms with van der Waals surface area (Å²) in [6, 6.07) is 16.1. The zero-order valence-corrected chi connectivity index (χ0v) is 16.2. The number of amides is 1. The number of phenols is 1. The van der Waals surface area contributed by atoms with Crippen LogP contribution in [0.15, 0.2) is 54.7 Å². The fourth-order valence-corrected chi connectivity index (χ4v) is 3.64. The van der Waals surface area contributed by atoms with Crippen LogP contribution in [0.25, 0.3) is 0 Å². The standard InChI is InChI=1S/C22H25N5O2/c23-22(29)18-9-8-15(11-21(18)28)5-4-10-27-14-17(25-26-27)13-24-20-12-19(20)16-6-2-1-3-7-16/h1-3,6-9,11,14,19-20,24,28H,4-5,10,12-13H2,(H2,23,29). The van der Waals surface area contributed by atoms with E-state index in [2.05, 4.69) is 39.9 Å². The Hall–Kier alpha value is -3.19. The first-order valence-corrected chi connectivity index (χ1v) is 9.89. The first-order chi connectivity index (χ1) is 14.1. The SMILES string of the molecule is NC(=O)c1ccc(CCCn2cc(CNC3CC3c3ccccc3)nn2)cc1O. The Bertz CT molecular complexity index is 986. The van der Waals surface area contributed by atoms with E-state index in [1.807, 2.05) is 23.0 Å². The molecule has 1 aromatic heterocycles. The summed E-state index contributed by atoms with van der Waals surface area (Å²) in [5.74, 6) is -0.0966. The minimum atomic E-state index is -0.626. The van der Waals surface area contributed by atoms with Crippen molar-refractivity contribution in [3.8, 4) is 5.75 Å². The predicted molar refractivity (Wildman–Crippen MR) is 109 cm³/mol. The molecule has 2 atom stereocenters. The van der Waals surface area contributed by atoms with Crippen LogP contribution in [0.2, 0.25) is 0 Å². The van der Waals surface area contributed by atoms with Crippen LogP contribution in [0, 0.1) is 0 Å². The highest BCUT2D eigenvalue weighted by atomic mass is 16.3. The Morgan fingerprint density at radius 1 is 1.24 bits per heavy atom. The molecule has 0 bridgehead atoms. The highest BCUT2D eigenvalue weighted by Gasteiger charge is 2.37. The smallest absolute Gasteiger partial charge is 0.252 e. The van der Waals surface area contributed by atoms with E-state index < -0.39 is 5.91 Å². The van der Waals surface area contributed by atoms with Gasteiger partial charge in [0, 0.05) is 31.2 Å². The lowest BCUT2D eigenvalue weighted by Crippen LogP contribution is -2.17. The highest BCUT2D eigenvalue weighted by molar-refractivity contribution is 5.95. The number of hydrogen-bond acceptors (Lipinski definition) is 5. The average molecular weight is 391 g/mol. The number of hydrogen-bond donors (Lipinski definition) is 3. The molecule has 4 N–H and O–H groups in total. The van der Waals surface area contributed by atoms with E-state index in [9.17, 15) is 9.90 Å². The van der Waals surface area contributed by atoms with Gasteiger partial charge < -0.3 is 16.2 Å². The molecule has 150 valence electrons. The van der Waals surface area contributed by atoms with Gasteiger partial charge in [-0.2, -0.15) is 0 Å². The number of nitrogens with two attached hydrogens (primary N) is 1. The van der Waals surface area contributed by atoms with Crippen LogP contribution in [-0.2, 0) is 19.5 Å². The molecule has 2 unspecified atom stereocenters. The van der Waals surface area contributed by atoms with E-state index in [1.165, 1.54) is 12.0 Å². The summed E-state index contributed by atoms with van der Waals surface area (Å²) < 4.78 is 1.84. The molecule has 3 aromatic rings. The average Bonchev–Trinajstić information content (AvgIpc) is 3.36. The zero-order chi connectivity index (χ0) is 20.2. The fraction of sp³-hybridized carbons (Fsp3) is 0.318. The second kappa shape index (κ2) is 8.45. The van der Waals surface area contributed by atoms with Gasteiger partial charge in [-0.25, -0.2) is 0 Å². The number of primary amides is 1. The molecule has 0 radical (unpaired) electrons. The number of nitrogens with zero attached hydrogens (tertiary/aromatic N) is 3. The van der Waals surface area contributed by atoms with Crippen LogP contribution >= 0.6 is 0 Å². The summed E-state index contributed by atoms with van der Waals surface area (Å²) in [7, 11) is 0. The molecule has 1 heterocycles. The maximum Gasteiger partial charge on any atom is 0.252 e. The van der Waals surface area contributed by atoms with Gasteiger partial charge in [-0.15, -0.1) is 5.10 Å². The van der Waals surface area contributed by atoms with Crippen molar-refractivity contribution < 1.29 is 9.90 Å². The van der Waals surface area contributed by atoms with Crippen LogP contribution in [0.5, 0.6) is 5.75 Å². The number of nitrogens with one attached hydrogen (secondary N) is 1. The molecular formula is C22H25N5O2. The summed E-state index contributed by atoms with van der Waals surface area (Å²) in [6.45, 7) is 1.46. The second-order valence-electron chi connectivity index (χ2n) is 7.53. The lowest BCUT2D eigenvalue weighted by Gasteiger charge is -2.05. The van der Waals surface area contributed by atoms with Crippen LogP contribution in [-0.4, -0.2) is 32.0 Å². The number of rotatable bonds is 9. The van der Waals surface area contributed by atoms with Crippen LogP contribution in [0.4, 0.5) is 0 Å². The molecule has 1 fully saturated rings. The minimum Gasteiger partial charge on any atom is -0.507 e. The molecule has 29 heavy (non-hydrogen) atoms. The summed E-state index contributed by atoms with van der Waals surface area (Å²) in [5, 5.41) is 21.8. The molecule has 1 aliphatic rings. The van der Waals surface area contributed by atoms with E-state index in [1.54, 1.807) is 12.1 Å². The molecule has 4 rings (SSSR count). The van der Waals surface area contributed by atoms with E-state index in [-0.39, 0.29) is 11.3 Å². The van der Waals surface area contributed by atoms with Crippen molar-refractivity contribution in [2.75, 3.05) is 0 Å². The lowest BCUT2D eigenvalue weighted by atomic mass is 10.1. The number of carbonyl (C=O) groups excluding carboxylic acids is 1. The molecule has 0 saturated heterocycles. The van der Waals surface area contributed by atoms with Crippen molar-refractivity contribution in [2.45, 2.75) is 44.3 Å². The third-order valence-electron chi connectivity index (χ3n) is 5.33. The van der Waals surface area contributed by atoms with Gasteiger partial charge in [-0.1, -0.05) is 41.6 Å². The summed E-state index contributed by atoms with van der Waals surface area (Å²) >= 11 is 0. The molecular weight excluding hydrogens is 366 g/mol. The Balaban J connectivity index is 1.21. The second-order valence-corrected chi connectivity index (χ2v) is 7.53. The van der Waals surface area contributed by atoms with E-state index in [0.29, 0.717) is 12.0 Å². The third kappa shape index (κ3) is 4.81. The molecule has 0 spiro atoms. The Kier molecular flexibility index (Phi) is 5.57. The number of aromatic nitrogens is 3. The topological polar surface area (TPSA) is 106 Å². The third-order valence-corrected chi connectivity index (χ3v) is 5.33. The first kappa shape index (κ1) is 19.1. The van der Waals surface area contributed by atoms with E-state index in [0.717, 1.165) is 37.2 Å². The fourth-order valence-electron chi connectivity index (χ4n) is 3.64. The number of aryl methyl sites for hydroxylation is 2. The van der Waals surface area contributed by atoms with Gasteiger partial charge >= 0.3 is 0 Å². The number of aromatic hydroxyl groups is 1. The van der Waals surface area contributed by atoms with Crippen molar-refractivity contribution in [1.82, 2.24) is 20.3 Å². The summed E-state index contributed by atoms with van der Waals surface area (Å²) in [5.41, 5.74) is 8.63. The normalized spacial score (nSPS) is 17.9. The van der Waals surface area contributed by atoms with E-state index >= 15 is 0 Å². The largest absolute Gasteiger partial charge is 0.507 e. The van der Waals surface area contributed by atoms with Crippen LogP contribution in [0.1, 0.15) is 45.9 Å². The van der Waals surface area contributed by atoms with Crippen molar-refractivity contribution in [2.24, 2.45) is 5.73 Å². The number of carbonyl (C=O) groups is 1. The Morgan fingerprint density at radius 2 is 2.07 bits per heavy atom. The van der Waals surface area contributed by atoms with Gasteiger partial charge in [-0.3, -0.25) is 9.48 Å². The van der Waals surface area contributed by atoms with Gasteiger partial charge in [0.2, 0.25) is 0 Å². The molecule has 2 aromatic carbocycles. The summed E-state index contributed by atoms with van der Waals surface area (Å²) in [6.07, 6.45) is 4.76. The van der Waals surface area contributed by atoms with Crippen LogP contribution < -0.4 is 11.1 Å². The quantitative estimate of drug-likeness (QED) is 0.519. The van der Waals surface area contributed by atoms with Crippen LogP contribution in [0.3, 0.4) is 0 Å². The Labute approximate surface area is 169 Å². The molecule has 1 aliphatic carbocycles. The van der Waals surface area contributed by atoms with Crippen molar-refractivity contribution in [3.63, 3.8) is 0 Å². The minimum absolute atomic E-state index is 0.0713. The van der Waals surface area contributed by atoms with Crippen molar-refractivity contribution >= 4 is 5.91 Å². The molecule has 1 saturated carbocycles. The van der Waals surface area contributed by atoms with Gasteiger partial charge in [-0.05, 0) is 42.5 Å². The monoisotopic (exact) mass is 391 g/mol. The maximum atomic E-state index is 11.2. The van der Waals surface area contributed by atoms with Gasteiger partial charge in [0.1, 0.15) is 5.75 Å². The zero-order valence-electron chi connectivity index (χ0n) is 16.2. The first-order valence-electron chi connectivity index (χ1n) is 9.89. The molecule has 7 heteroatoms. The molecule has 0 aliphatic heterocycles. The van der Waals surface area contributed by atoms with Crippen molar-refractivity contribution in [1.29, 1.82) is 0 Å². The van der Waals surface area contributed by atoms with Gasteiger partial charge in [0.25, 0.3) is 5.91 Å². The Morgan fingerprint density at radius 3 is 2.83 bits per heavy atom. The van der Waals surface area contributed by atoms with Gasteiger partial charge in [0.05, 0.1) is 11.3 Å². The predicted octanol–water partition coefficient (Wildman–Crippen LogP) is 2.36. The van der Waals surface area contributed by atoms with Crippen molar-refractivity contribution in [3.05, 3.63) is 77.1 Å². The maximum absolute atomic E-state index is 11.2. The van der Waals surface area contributed by atoms with E-state index in [4.69, 9.17) is 5.73 Å². The molecule has 1 amide bonds. The molecule has 7 nitrogen and oxygen atoms in total. The summed E-state index contributed by atoms with van der Waals surface area (Å²) in [4.78, 5) is 11.2. The highest BCUT2D eigenvalue weighted by Crippen LogP contribution is 2.40. The van der Waals surface area contributed by atoms with Gasteiger partial charge in [0.15, 0.2) is 0 Å². The number of benzene rings is 2.